The van der Waals surface area contributed by atoms with Crippen molar-refractivity contribution in [2.24, 2.45) is 0 Å². The van der Waals surface area contributed by atoms with Gasteiger partial charge in [0.1, 0.15) is 5.01 Å². The predicted molar refractivity (Wildman–Crippen MR) is 82.9 cm³/mol. The minimum absolute atomic E-state index is 0.140. The molecule has 0 amide bonds. The lowest BCUT2D eigenvalue weighted by atomic mass is 9.98. The second-order valence-electron chi connectivity index (χ2n) is 5.79. The summed E-state index contributed by atoms with van der Waals surface area (Å²) in [6.07, 6.45) is 3.92. The maximum atomic E-state index is 4.51. The monoisotopic (exact) mass is 295 g/mol. The maximum absolute atomic E-state index is 4.51. The highest BCUT2D eigenvalue weighted by Gasteiger charge is 2.18. The van der Waals surface area contributed by atoms with Gasteiger partial charge < -0.3 is 5.32 Å². The van der Waals surface area contributed by atoms with Gasteiger partial charge in [0.25, 0.3) is 0 Å². The standard InChI is InChI=1S/C14H21N3S2/c1-9-6-16-12(18-9)10(2)15-7-11-8-17-13(19-11)14(3,4)5/h6,8,10,15H,7H2,1-5H3. The molecule has 2 rings (SSSR count). The van der Waals surface area contributed by atoms with Crippen molar-refractivity contribution in [3.63, 3.8) is 0 Å². The molecular weight excluding hydrogens is 274 g/mol. The topological polar surface area (TPSA) is 37.8 Å². The first kappa shape index (κ1) is 14.6. The summed E-state index contributed by atoms with van der Waals surface area (Å²) < 4.78 is 0. The van der Waals surface area contributed by atoms with Crippen molar-refractivity contribution >= 4 is 22.7 Å². The van der Waals surface area contributed by atoms with Gasteiger partial charge in [-0.15, -0.1) is 22.7 Å². The van der Waals surface area contributed by atoms with Crippen LogP contribution in [0.4, 0.5) is 0 Å². The zero-order valence-corrected chi connectivity index (χ0v) is 13.8. The van der Waals surface area contributed by atoms with Crippen molar-refractivity contribution in [1.29, 1.82) is 0 Å². The molecule has 0 saturated carbocycles. The Labute approximate surface area is 123 Å². The first-order valence-corrected chi connectivity index (χ1v) is 8.10. The molecule has 0 aliphatic rings. The Bertz CT molecular complexity index is 537. The van der Waals surface area contributed by atoms with Gasteiger partial charge in [0, 0.05) is 34.1 Å². The van der Waals surface area contributed by atoms with Gasteiger partial charge in [-0.2, -0.15) is 0 Å². The van der Waals surface area contributed by atoms with E-state index in [-0.39, 0.29) is 5.41 Å². The summed E-state index contributed by atoms with van der Waals surface area (Å²) in [7, 11) is 0. The molecule has 0 bridgehead atoms. The van der Waals surface area contributed by atoms with E-state index < -0.39 is 0 Å². The normalized spacial score (nSPS) is 13.7. The molecule has 0 radical (unpaired) electrons. The van der Waals surface area contributed by atoms with Crippen LogP contribution in [-0.2, 0) is 12.0 Å². The Kier molecular flexibility index (Phi) is 4.38. The highest BCUT2D eigenvalue weighted by molar-refractivity contribution is 7.12. The van der Waals surface area contributed by atoms with E-state index in [0.29, 0.717) is 6.04 Å². The smallest absolute Gasteiger partial charge is 0.109 e. The predicted octanol–water partition coefficient (Wildman–Crippen LogP) is 4.06. The molecule has 0 saturated heterocycles. The molecule has 0 spiro atoms. The van der Waals surface area contributed by atoms with Gasteiger partial charge in [-0.3, -0.25) is 0 Å². The third-order valence-corrected chi connectivity index (χ3v) is 5.31. The highest BCUT2D eigenvalue weighted by atomic mass is 32.1. The van der Waals surface area contributed by atoms with Crippen LogP contribution in [0.3, 0.4) is 0 Å². The molecule has 104 valence electrons. The summed E-state index contributed by atoms with van der Waals surface area (Å²) in [6.45, 7) is 11.7. The molecule has 0 aliphatic carbocycles. The average molecular weight is 295 g/mol. The lowest BCUT2D eigenvalue weighted by Crippen LogP contribution is -2.17. The molecule has 0 aliphatic heterocycles. The van der Waals surface area contributed by atoms with E-state index in [1.807, 2.05) is 12.4 Å². The number of nitrogens with zero attached hydrogens (tertiary/aromatic N) is 2. The van der Waals surface area contributed by atoms with Gasteiger partial charge in [-0.25, -0.2) is 9.97 Å². The van der Waals surface area contributed by atoms with E-state index >= 15 is 0 Å². The second kappa shape index (κ2) is 5.69. The third-order valence-electron chi connectivity index (χ3n) is 2.79. The molecule has 0 aromatic carbocycles. The molecule has 0 fully saturated rings. The molecule has 1 unspecified atom stereocenters. The van der Waals surface area contributed by atoms with Crippen LogP contribution >= 0.6 is 22.7 Å². The van der Waals surface area contributed by atoms with Crippen molar-refractivity contribution in [2.45, 2.75) is 52.6 Å². The summed E-state index contributed by atoms with van der Waals surface area (Å²) in [5, 5.41) is 5.86. The van der Waals surface area contributed by atoms with Crippen molar-refractivity contribution in [3.05, 3.63) is 32.2 Å². The lowest BCUT2D eigenvalue weighted by molar-refractivity contribution is 0.575. The number of thiazole rings is 2. The van der Waals surface area contributed by atoms with Crippen LogP contribution in [0.5, 0.6) is 0 Å². The van der Waals surface area contributed by atoms with E-state index in [4.69, 9.17) is 0 Å². The Morgan fingerprint density at radius 3 is 2.47 bits per heavy atom. The second-order valence-corrected chi connectivity index (χ2v) is 8.18. The minimum atomic E-state index is 0.140. The summed E-state index contributed by atoms with van der Waals surface area (Å²) in [6, 6.07) is 0.291. The Hall–Kier alpha value is -0.780. The molecule has 1 N–H and O–H groups in total. The van der Waals surface area contributed by atoms with Gasteiger partial charge in [0.2, 0.25) is 0 Å². The van der Waals surface area contributed by atoms with E-state index in [0.717, 1.165) is 11.6 Å². The van der Waals surface area contributed by atoms with Crippen molar-refractivity contribution < 1.29 is 0 Å². The quantitative estimate of drug-likeness (QED) is 0.924. The van der Waals surface area contributed by atoms with E-state index in [2.05, 4.69) is 49.9 Å². The molecule has 5 heteroatoms. The SMILES string of the molecule is Cc1cnc(C(C)NCc2cnc(C(C)(C)C)s2)s1. The summed E-state index contributed by atoms with van der Waals surface area (Å²) in [5.74, 6) is 0. The van der Waals surface area contributed by atoms with E-state index in [1.165, 1.54) is 14.8 Å². The molecule has 2 aromatic rings. The van der Waals surface area contributed by atoms with Crippen LogP contribution in [0, 0.1) is 6.92 Å². The Morgan fingerprint density at radius 2 is 1.95 bits per heavy atom. The number of rotatable bonds is 4. The van der Waals surface area contributed by atoms with Crippen LogP contribution in [0.15, 0.2) is 12.4 Å². The highest BCUT2D eigenvalue weighted by Crippen LogP contribution is 2.27. The number of hydrogen-bond acceptors (Lipinski definition) is 5. The Morgan fingerprint density at radius 1 is 1.21 bits per heavy atom. The molecule has 1 atom stereocenters. The van der Waals surface area contributed by atoms with Gasteiger partial charge in [-0.05, 0) is 13.8 Å². The maximum Gasteiger partial charge on any atom is 0.109 e. The first-order valence-electron chi connectivity index (χ1n) is 6.47. The van der Waals surface area contributed by atoms with Gasteiger partial charge in [0.15, 0.2) is 0 Å². The lowest BCUT2D eigenvalue weighted by Gasteiger charge is -2.13. The van der Waals surface area contributed by atoms with Gasteiger partial charge in [-0.1, -0.05) is 20.8 Å². The number of aromatic nitrogens is 2. The van der Waals surface area contributed by atoms with Crippen LogP contribution in [-0.4, -0.2) is 9.97 Å². The fourth-order valence-electron chi connectivity index (χ4n) is 1.65. The fourth-order valence-corrected chi connectivity index (χ4v) is 3.37. The fraction of sp³-hybridized carbons (Fsp3) is 0.571. The first-order chi connectivity index (χ1) is 8.86. The minimum Gasteiger partial charge on any atom is -0.303 e. The van der Waals surface area contributed by atoms with Crippen molar-refractivity contribution in [3.8, 4) is 0 Å². The van der Waals surface area contributed by atoms with Crippen molar-refractivity contribution in [2.75, 3.05) is 0 Å². The average Bonchev–Trinajstić information content (AvgIpc) is 2.93. The number of hydrogen-bond donors (Lipinski definition) is 1. The van der Waals surface area contributed by atoms with Gasteiger partial charge >= 0.3 is 0 Å². The summed E-state index contributed by atoms with van der Waals surface area (Å²) in [5.41, 5.74) is 0.140. The molecule has 2 heterocycles. The van der Waals surface area contributed by atoms with E-state index in [1.54, 1.807) is 22.7 Å². The van der Waals surface area contributed by atoms with Gasteiger partial charge in [0.05, 0.1) is 11.0 Å². The molecule has 19 heavy (non-hydrogen) atoms. The largest absolute Gasteiger partial charge is 0.303 e. The van der Waals surface area contributed by atoms with Crippen LogP contribution < -0.4 is 5.32 Å². The zero-order chi connectivity index (χ0) is 14.0. The molecular formula is C14H21N3S2. The van der Waals surface area contributed by atoms with Crippen LogP contribution in [0.2, 0.25) is 0 Å². The molecule has 3 nitrogen and oxygen atoms in total. The molecule has 2 aromatic heterocycles. The summed E-state index contributed by atoms with van der Waals surface area (Å²) >= 11 is 3.55. The zero-order valence-electron chi connectivity index (χ0n) is 12.2. The Balaban J connectivity index is 1.94. The van der Waals surface area contributed by atoms with Crippen molar-refractivity contribution in [1.82, 2.24) is 15.3 Å². The number of aryl methyl sites for hydroxylation is 1. The van der Waals surface area contributed by atoms with Crippen LogP contribution in [0.1, 0.15) is 53.5 Å². The third kappa shape index (κ3) is 3.84. The van der Waals surface area contributed by atoms with Crippen LogP contribution in [0.25, 0.3) is 0 Å². The summed E-state index contributed by atoms with van der Waals surface area (Å²) in [4.78, 5) is 11.5. The number of nitrogens with one attached hydrogen (secondary N) is 1. The van der Waals surface area contributed by atoms with E-state index in [9.17, 15) is 0 Å².